The molecule has 2 rings (SSSR count). The van der Waals surface area contributed by atoms with E-state index in [1.54, 1.807) is 0 Å². The molecule has 1 aromatic rings. The molecule has 1 aromatic carbocycles. The molecular weight excluding hydrogens is 224 g/mol. The molecular formula is C15H25N2O+. The summed E-state index contributed by atoms with van der Waals surface area (Å²) in [7, 11) is 0. The molecule has 0 unspecified atom stereocenters. The molecule has 0 amide bonds. The molecule has 0 saturated carbocycles. The fourth-order valence-electron chi connectivity index (χ4n) is 2.70. The molecule has 3 nitrogen and oxygen atoms in total. The average Bonchev–Trinajstić information content (AvgIpc) is 2.33. The quantitative estimate of drug-likeness (QED) is 0.862. The number of rotatable bonds is 3. The van der Waals surface area contributed by atoms with E-state index in [-0.39, 0.29) is 6.10 Å². The van der Waals surface area contributed by atoms with E-state index in [1.165, 1.54) is 24.0 Å². The predicted molar refractivity (Wildman–Crippen MR) is 74.3 cm³/mol. The van der Waals surface area contributed by atoms with E-state index in [2.05, 4.69) is 44.0 Å². The molecule has 0 atom stereocenters. The highest BCUT2D eigenvalue weighted by Gasteiger charge is 2.20. The second kappa shape index (κ2) is 5.72. The SMILES string of the molecule is Cc1cc([NH3+])c(OC(C)C)cc1C1CCNCC1. The van der Waals surface area contributed by atoms with Gasteiger partial charge in [0, 0.05) is 6.07 Å². The standard InChI is InChI=1S/C15H24N2O/c1-10(2)18-15-9-13(11(3)8-14(15)16)12-4-6-17-7-5-12/h8-10,12,17H,4-7,16H2,1-3H3/p+1. The van der Waals surface area contributed by atoms with Gasteiger partial charge in [0.15, 0.2) is 11.4 Å². The fourth-order valence-corrected chi connectivity index (χ4v) is 2.70. The lowest BCUT2D eigenvalue weighted by Gasteiger charge is -2.25. The van der Waals surface area contributed by atoms with Crippen molar-refractivity contribution in [2.45, 2.75) is 45.6 Å². The van der Waals surface area contributed by atoms with Gasteiger partial charge in [0.1, 0.15) is 0 Å². The van der Waals surface area contributed by atoms with Crippen molar-refractivity contribution in [2.75, 3.05) is 13.1 Å². The van der Waals surface area contributed by atoms with Gasteiger partial charge < -0.3 is 15.8 Å². The second-order valence-electron chi connectivity index (χ2n) is 5.51. The molecule has 0 aromatic heterocycles. The molecule has 1 aliphatic heterocycles. The van der Waals surface area contributed by atoms with Crippen LogP contribution >= 0.6 is 0 Å². The summed E-state index contributed by atoms with van der Waals surface area (Å²) in [6.07, 6.45) is 2.64. The Bertz CT molecular complexity index is 409. The van der Waals surface area contributed by atoms with E-state index >= 15 is 0 Å². The molecule has 18 heavy (non-hydrogen) atoms. The molecule has 100 valence electrons. The van der Waals surface area contributed by atoms with Crippen LogP contribution in [0.25, 0.3) is 0 Å². The van der Waals surface area contributed by atoms with Gasteiger partial charge in [0.25, 0.3) is 0 Å². The van der Waals surface area contributed by atoms with Crippen molar-refractivity contribution in [2.24, 2.45) is 0 Å². The van der Waals surface area contributed by atoms with Crippen LogP contribution in [0, 0.1) is 6.92 Å². The topological polar surface area (TPSA) is 48.9 Å². The van der Waals surface area contributed by atoms with Crippen LogP contribution in [0.4, 0.5) is 5.69 Å². The summed E-state index contributed by atoms with van der Waals surface area (Å²) in [5.74, 6) is 1.62. The Hall–Kier alpha value is -1.06. The Kier molecular flexibility index (Phi) is 4.25. The molecule has 0 aliphatic carbocycles. The maximum atomic E-state index is 5.85. The molecule has 1 fully saturated rings. The van der Waals surface area contributed by atoms with Gasteiger partial charge >= 0.3 is 0 Å². The Labute approximate surface area is 110 Å². The molecule has 4 N–H and O–H groups in total. The summed E-state index contributed by atoms with van der Waals surface area (Å²) in [6, 6.07) is 4.38. The summed E-state index contributed by atoms with van der Waals surface area (Å²) in [4.78, 5) is 0. The van der Waals surface area contributed by atoms with Crippen LogP contribution in [0.15, 0.2) is 12.1 Å². The number of piperidine rings is 1. The Morgan fingerprint density at radius 3 is 2.56 bits per heavy atom. The number of hydrogen-bond acceptors (Lipinski definition) is 2. The van der Waals surface area contributed by atoms with Crippen LogP contribution in [0.2, 0.25) is 0 Å². The Morgan fingerprint density at radius 2 is 1.94 bits per heavy atom. The molecule has 0 radical (unpaired) electrons. The van der Waals surface area contributed by atoms with Crippen molar-refractivity contribution in [3.63, 3.8) is 0 Å². The zero-order valence-electron chi connectivity index (χ0n) is 11.8. The lowest BCUT2D eigenvalue weighted by atomic mass is 9.87. The smallest absolute Gasteiger partial charge is 0.180 e. The van der Waals surface area contributed by atoms with Crippen molar-refractivity contribution in [3.8, 4) is 5.75 Å². The molecule has 0 spiro atoms. The van der Waals surface area contributed by atoms with Gasteiger partial charge in [0.05, 0.1) is 6.10 Å². The minimum atomic E-state index is 0.203. The predicted octanol–water partition coefficient (Wildman–Crippen LogP) is 2.12. The van der Waals surface area contributed by atoms with Crippen LogP contribution in [0.5, 0.6) is 5.75 Å². The zero-order valence-corrected chi connectivity index (χ0v) is 11.8. The van der Waals surface area contributed by atoms with E-state index in [0.717, 1.165) is 24.5 Å². The summed E-state index contributed by atoms with van der Waals surface area (Å²) < 4.78 is 5.85. The van der Waals surface area contributed by atoms with Crippen molar-refractivity contribution in [1.82, 2.24) is 5.32 Å². The normalized spacial score (nSPS) is 17.2. The molecule has 0 bridgehead atoms. The lowest BCUT2D eigenvalue weighted by molar-refractivity contribution is -0.257. The number of nitrogens with one attached hydrogen (secondary N) is 1. The highest BCUT2D eigenvalue weighted by atomic mass is 16.5. The molecule has 1 saturated heterocycles. The summed E-state index contributed by atoms with van der Waals surface area (Å²) in [6.45, 7) is 8.55. The second-order valence-corrected chi connectivity index (χ2v) is 5.51. The van der Waals surface area contributed by atoms with Gasteiger partial charge in [-0.1, -0.05) is 0 Å². The Balaban J connectivity index is 2.28. The first-order valence-electron chi connectivity index (χ1n) is 6.92. The first-order valence-corrected chi connectivity index (χ1v) is 6.92. The van der Waals surface area contributed by atoms with Crippen LogP contribution in [-0.4, -0.2) is 19.2 Å². The van der Waals surface area contributed by atoms with Crippen LogP contribution < -0.4 is 15.8 Å². The van der Waals surface area contributed by atoms with Gasteiger partial charge in [0.2, 0.25) is 0 Å². The van der Waals surface area contributed by atoms with Gasteiger partial charge in [-0.2, -0.15) is 0 Å². The zero-order chi connectivity index (χ0) is 13.1. The summed E-state index contributed by atoms with van der Waals surface area (Å²) in [5, 5.41) is 3.42. The maximum Gasteiger partial charge on any atom is 0.180 e. The van der Waals surface area contributed by atoms with Gasteiger partial charge in [-0.25, -0.2) is 0 Å². The first kappa shape index (κ1) is 13.4. The first-order chi connectivity index (χ1) is 8.58. The van der Waals surface area contributed by atoms with E-state index in [1.807, 2.05) is 0 Å². The summed E-state index contributed by atoms with van der Waals surface area (Å²) in [5.41, 5.74) is 7.88. The van der Waals surface area contributed by atoms with Crippen molar-refractivity contribution in [3.05, 3.63) is 23.3 Å². The molecule has 1 heterocycles. The average molecular weight is 249 g/mol. The third-order valence-electron chi connectivity index (χ3n) is 3.59. The van der Waals surface area contributed by atoms with E-state index < -0.39 is 0 Å². The third kappa shape index (κ3) is 3.03. The number of ether oxygens (including phenoxy) is 1. The minimum Gasteiger partial charge on any atom is -0.485 e. The highest BCUT2D eigenvalue weighted by Crippen LogP contribution is 2.33. The Morgan fingerprint density at radius 1 is 1.28 bits per heavy atom. The fraction of sp³-hybridized carbons (Fsp3) is 0.600. The van der Waals surface area contributed by atoms with Gasteiger partial charge in [-0.15, -0.1) is 0 Å². The maximum absolute atomic E-state index is 5.85. The summed E-state index contributed by atoms with van der Waals surface area (Å²) >= 11 is 0. The van der Waals surface area contributed by atoms with Gasteiger partial charge in [-0.05, 0) is 69.8 Å². The van der Waals surface area contributed by atoms with Crippen molar-refractivity contribution >= 4 is 5.69 Å². The largest absolute Gasteiger partial charge is 0.485 e. The van der Waals surface area contributed by atoms with E-state index in [0.29, 0.717) is 5.92 Å². The highest BCUT2D eigenvalue weighted by molar-refractivity contribution is 5.52. The molecule has 1 aliphatic rings. The van der Waals surface area contributed by atoms with Gasteiger partial charge in [-0.3, -0.25) is 0 Å². The van der Waals surface area contributed by atoms with Crippen LogP contribution in [0.3, 0.4) is 0 Å². The van der Waals surface area contributed by atoms with E-state index in [9.17, 15) is 0 Å². The number of quaternary nitrogens is 1. The van der Waals surface area contributed by atoms with Crippen molar-refractivity contribution in [1.29, 1.82) is 0 Å². The van der Waals surface area contributed by atoms with Crippen molar-refractivity contribution < 1.29 is 10.5 Å². The lowest BCUT2D eigenvalue weighted by Crippen LogP contribution is -2.41. The number of hydrogen-bond donors (Lipinski definition) is 2. The monoisotopic (exact) mass is 249 g/mol. The van der Waals surface area contributed by atoms with Crippen LogP contribution in [-0.2, 0) is 0 Å². The number of benzene rings is 1. The molecule has 3 heteroatoms. The third-order valence-corrected chi connectivity index (χ3v) is 3.59. The van der Waals surface area contributed by atoms with E-state index in [4.69, 9.17) is 4.74 Å². The number of aryl methyl sites for hydroxylation is 1. The van der Waals surface area contributed by atoms with Crippen LogP contribution in [0.1, 0.15) is 43.7 Å². The minimum absolute atomic E-state index is 0.203.